The third-order valence-corrected chi connectivity index (χ3v) is 6.67. The van der Waals surface area contributed by atoms with Gasteiger partial charge in [0.2, 0.25) is 5.95 Å². The number of carbonyl (C=O) groups is 1. The highest BCUT2D eigenvalue weighted by Crippen LogP contribution is 2.35. The van der Waals surface area contributed by atoms with Crippen LogP contribution < -0.4 is 10.2 Å². The Morgan fingerprint density at radius 3 is 2.58 bits per heavy atom. The van der Waals surface area contributed by atoms with Crippen molar-refractivity contribution in [2.75, 3.05) is 23.3 Å². The van der Waals surface area contributed by atoms with Gasteiger partial charge in [0.1, 0.15) is 10.8 Å². The molecule has 0 bridgehead atoms. The smallest absolute Gasteiger partial charge is 0.356 e. The summed E-state index contributed by atoms with van der Waals surface area (Å²) in [5.74, 6) is -3.31. The van der Waals surface area contributed by atoms with Crippen LogP contribution in [0.4, 0.5) is 20.4 Å². The number of halogens is 3. The van der Waals surface area contributed by atoms with Gasteiger partial charge in [-0.15, -0.1) is 0 Å². The lowest BCUT2D eigenvalue weighted by Crippen LogP contribution is -2.40. The van der Waals surface area contributed by atoms with Crippen LogP contribution in [0.2, 0.25) is 5.15 Å². The first-order valence-electron chi connectivity index (χ1n) is 11.6. The van der Waals surface area contributed by atoms with E-state index in [1.165, 1.54) is 6.07 Å². The maximum atomic E-state index is 13.9. The monoisotopic (exact) mass is 514 g/mol. The minimum atomic E-state index is -2.67. The summed E-state index contributed by atoms with van der Waals surface area (Å²) >= 11 is 5.91. The zero-order valence-electron chi connectivity index (χ0n) is 20.0. The van der Waals surface area contributed by atoms with Crippen molar-refractivity contribution in [2.45, 2.75) is 45.6 Å². The Balaban J connectivity index is 1.64. The number of rotatable bonds is 5. The van der Waals surface area contributed by atoms with Crippen molar-refractivity contribution < 1.29 is 18.7 Å². The standard InChI is InChI=1S/C25H25ClF2N6O2/c1-13-10-16(15(3)30-18-4-5-19(26)31-21(18)23(35)36)20-17(11-13)22-29-14(2)12-34(22)24(32-20)33-8-6-25(27,28)7-9-33/h4-5,10-12,15,30H,6-9H2,1-3H3,(H,35,36)/t15-/m1/s1. The molecule has 0 aliphatic carbocycles. The normalized spacial score (nSPS) is 16.4. The number of nitrogens with one attached hydrogen (secondary N) is 1. The van der Waals surface area contributed by atoms with Gasteiger partial charge in [-0.3, -0.25) is 4.40 Å². The first-order chi connectivity index (χ1) is 17.0. The van der Waals surface area contributed by atoms with Crippen molar-refractivity contribution in [1.29, 1.82) is 0 Å². The van der Waals surface area contributed by atoms with E-state index in [1.807, 2.05) is 48.4 Å². The minimum Gasteiger partial charge on any atom is -0.476 e. The van der Waals surface area contributed by atoms with Gasteiger partial charge in [0.25, 0.3) is 5.92 Å². The lowest BCUT2D eigenvalue weighted by atomic mass is 10.0. The van der Waals surface area contributed by atoms with Crippen LogP contribution in [0.3, 0.4) is 0 Å². The highest BCUT2D eigenvalue weighted by Gasteiger charge is 2.35. The summed E-state index contributed by atoms with van der Waals surface area (Å²) in [4.78, 5) is 27.2. The fourth-order valence-corrected chi connectivity index (χ4v) is 4.86. The lowest BCUT2D eigenvalue weighted by Gasteiger charge is -2.33. The van der Waals surface area contributed by atoms with Gasteiger partial charge in [0, 0.05) is 43.1 Å². The third kappa shape index (κ3) is 4.41. The van der Waals surface area contributed by atoms with Crippen LogP contribution >= 0.6 is 11.6 Å². The maximum Gasteiger partial charge on any atom is 0.356 e. The second-order valence-electron chi connectivity index (χ2n) is 9.28. The van der Waals surface area contributed by atoms with Gasteiger partial charge in [-0.25, -0.2) is 28.5 Å². The van der Waals surface area contributed by atoms with Crippen LogP contribution in [-0.4, -0.2) is 49.4 Å². The average Bonchev–Trinajstić information content (AvgIpc) is 3.21. The Kier molecular flexibility index (Phi) is 5.94. The van der Waals surface area contributed by atoms with Crippen LogP contribution in [0.5, 0.6) is 0 Å². The zero-order chi connectivity index (χ0) is 25.8. The van der Waals surface area contributed by atoms with Crippen LogP contribution in [-0.2, 0) is 0 Å². The van der Waals surface area contributed by atoms with Gasteiger partial charge in [-0.1, -0.05) is 17.7 Å². The highest BCUT2D eigenvalue weighted by atomic mass is 35.5. The second kappa shape index (κ2) is 8.85. The van der Waals surface area contributed by atoms with Gasteiger partial charge in [0.15, 0.2) is 5.69 Å². The molecule has 1 fully saturated rings. The largest absolute Gasteiger partial charge is 0.476 e. The van der Waals surface area contributed by atoms with Gasteiger partial charge in [-0.05, 0) is 44.5 Å². The van der Waals surface area contributed by atoms with Crippen molar-refractivity contribution >= 4 is 45.8 Å². The molecule has 4 heterocycles. The summed E-state index contributed by atoms with van der Waals surface area (Å²) in [6.07, 6.45) is 1.40. The highest BCUT2D eigenvalue weighted by molar-refractivity contribution is 6.29. The summed E-state index contributed by atoms with van der Waals surface area (Å²) in [5, 5.41) is 13.7. The summed E-state index contributed by atoms with van der Waals surface area (Å²) in [5.41, 5.74) is 4.11. The molecule has 188 valence electrons. The molecule has 2 N–H and O–H groups in total. The molecule has 0 unspecified atom stereocenters. The molecule has 4 aromatic rings. The average molecular weight is 515 g/mol. The fraction of sp³-hybridized carbons (Fsp3) is 0.360. The van der Waals surface area contributed by atoms with E-state index in [2.05, 4.69) is 10.3 Å². The van der Waals surface area contributed by atoms with E-state index < -0.39 is 11.9 Å². The molecule has 8 nitrogen and oxygen atoms in total. The Labute approximate surface area is 210 Å². The summed E-state index contributed by atoms with van der Waals surface area (Å²) in [7, 11) is 0. The number of aromatic carboxylic acids is 1. The first kappa shape index (κ1) is 24.2. The van der Waals surface area contributed by atoms with E-state index in [9.17, 15) is 18.7 Å². The Bertz CT molecular complexity index is 1500. The number of benzene rings is 1. The predicted molar refractivity (Wildman–Crippen MR) is 135 cm³/mol. The van der Waals surface area contributed by atoms with Crippen LogP contribution in [0.1, 0.15) is 53.1 Å². The summed E-state index contributed by atoms with van der Waals surface area (Å²) in [6.45, 7) is 6.12. The third-order valence-electron chi connectivity index (χ3n) is 6.46. The number of piperidine rings is 1. The topological polar surface area (TPSA) is 95.6 Å². The number of alkyl halides is 2. The molecule has 0 amide bonds. The van der Waals surface area contributed by atoms with Gasteiger partial charge in [-0.2, -0.15) is 0 Å². The molecule has 1 aromatic carbocycles. The quantitative estimate of drug-likeness (QED) is 0.332. The Hall–Kier alpha value is -3.53. The molecular formula is C25H25ClF2N6O2. The van der Waals surface area contributed by atoms with Gasteiger partial charge < -0.3 is 15.3 Å². The number of pyridine rings is 1. The molecule has 3 aromatic heterocycles. The number of hydrogen-bond donors (Lipinski definition) is 2. The van der Waals surface area contributed by atoms with Crippen molar-refractivity contribution in [2.24, 2.45) is 0 Å². The molecule has 0 saturated carbocycles. The van der Waals surface area contributed by atoms with Gasteiger partial charge >= 0.3 is 5.97 Å². The van der Waals surface area contributed by atoms with E-state index in [0.29, 0.717) is 22.8 Å². The second-order valence-corrected chi connectivity index (χ2v) is 9.67. The van der Waals surface area contributed by atoms with E-state index in [1.54, 1.807) is 6.07 Å². The molecule has 1 saturated heterocycles. The van der Waals surface area contributed by atoms with Crippen molar-refractivity contribution in [3.05, 3.63) is 58.1 Å². The van der Waals surface area contributed by atoms with E-state index in [0.717, 1.165) is 22.2 Å². The van der Waals surface area contributed by atoms with E-state index in [-0.39, 0.29) is 42.8 Å². The van der Waals surface area contributed by atoms with Crippen LogP contribution in [0.15, 0.2) is 30.5 Å². The number of carboxylic acids is 1. The summed E-state index contributed by atoms with van der Waals surface area (Å²) < 4.78 is 29.6. The van der Waals surface area contributed by atoms with Crippen LogP contribution in [0, 0.1) is 13.8 Å². The van der Waals surface area contributed by atoms with E-state index in [4.69, 9.17) is 21.6 Å². The number of nitrogens with zero attached hydrogens (tertiary/aromatic N) is 5. The predicted octanol–water partition coefficient (Wildman–Crippen LogP) is 5.65. The lowest BCUT2D eigenvalue weighted by molar-refractivity contribution is -0.0222. The van der Waals surface area contributed by atoms with Crippen molar-refractivity contribution in [1.82, 2.24) is 19.4 Å². The SMILES string of the molecule is Cc1cc([C@@H](C)Nc2ccc(Cl)nc2C(=O)O)c2nc(N3CCC(F)(F)CC3)n3cc(C)nc3c2c1. The number of carboxylic acid groups (broad SMARTS) is 1. The number of aromatic nitrogens is 4. The molecule has 1 atom stereocenters. The number of imidazole rings is 1. The molecule has 5 rings (SSSR count). The molecule has 36 heavy (non-hydrogen) atoms. The molecule has 11 heteroatoms. The van der Waals surface area contributed by atoms with Crippen LogP contribution in [0.25, 0.3) is 16.6 Å². The number of anilines is 2. The zero-order valence-corrected chi connectivity index (χ0v) is 20.8. The van der Waals surface area contributed by atoms with Crippen molar-refractivity contribution in [3.63, 3.8) is 0 Å². The number of fused-ring (bicyclic) bond motifs is 3. The molecule has 0 spiro atoms. The molecule has 0 radical (unpaired) electrons. The Morgan fingerprint density at radius 2 is 1.89 bits per heavy atom. The molecule has 1 aliphatic rings. The number of aryl methyl sites for hydroxylation is 2. The number of hydrogen-bond acceptors (Lipinski definition) is 6. The van der Waals surface area contributed by atoms with Crippen molar-refractivity contribution in [3.8, 4) is 0 Å². The minimum absolute atomic E-state index is 0.0853. The molecule has 1 aliphatic heterocycles. The maximum absolute atomic E-state index is 13.9. The van der Waals surface area contributed by atoms with E-state index >= 15 is 0 Å². The first-order valence-corrected chi connectivity index (χ1v) is 12.0. The van der Waals surface area contributed by atoms with Gasteiger partial charge in [0.05, 0.1) is 22.9 Å². The Morgan fingerprint density at radius 1 is 1.17 bits per heavy atom. The summed E-state index contributed by atoms with van der Waals surface area (Å²) in [6, 6.07) is 6.73. The fourth-order valence-electron chi connectivity index (χ4n) is 4.71. The molecular weight excluding hydrogens is 490 g/mol.